The fourth-order valence-corrected chi connectivity index (χ4v) is 2.38. The number of nitrogens with zero attached hydrogens (tertiary/aromatic N) is 1. The molecular formula is C11H16N2OS. The maximum atomic E-state index is 12.0. The highest BCUT2D eigenvalue weighted by molar-refractivity contribution is 7.09. The van der Waals surface area contributed by atoms with Crippen LogP contribution in [0.4, 0.5) is 0 Å². The average Bonchev–Trinajstić information content (AvgIpc) is 2.63. The lowest BCUT2D eigenvalue weighted by Gasteiger charge is -2.32. The van der Waals surface area contributed by atoms with Gasteiger partial charge in [-0.05, 0) is 31.3 Å². The van der Waals surface area contributed by atoms with E-state index in [1.807, 2.05) is 17.9 Å². The second kappa shape index (κ2) is 4.77. The third-order valence-corrected chi connectivity index (χ3v) is 3.60. The Bertz CT molecular complexity index is 319. The molecule has 1 aliphatic heterocycles. The molecule has 0 spiro atoms. The average molecular weight is 224 g/mol. The van der Waals surface area contributed by atoms with Crippen LogP contribution >= 0.6 is 11.3 Å². The minimum Gasteiger partial charge on any atom is -0.336 e. The maximum Gasteiger partial charge on any atom is 0.240 e. The highest BCUT2D eigenvalue weighted by atomic mass is 32.1. The van der Waals surface area contributed by atoms with Gasteiger partial charge in [-0.2, -0.15) is 0 Å². The molecule has 1 saturated heterocycles. The quantitative estimate of drug-likeness (QED) is 0.839. The predicted octanol–water partition coefficient (Wildman–Crippen LogP) is 1.46. The van der Waals surface area contributed by atoms with Crippen LogP contribution in [-0.2, 0) is 11.3 Å². The van der Waals surface area contributed by atoms with Crippen molar-refractivity contribution in [2.45, 2.75) is 25.9 Å². The van der Waals surface area contributed by atoms with Crippen molar-refractivity contribution in [1.29, 1.82) is 0 Å². The van der Waals surface area contributed by atoms with Crippen LogP contribution in [0, 0.1) is 0 Å². The lowest BCUT2D eigenvalue weighted by atomic mass is 10.1. The van der Waals surface area contributed by atoms with Crippen molar-refractivity contribution in [2.75, 3.05) is 13.1 Å². The van der Waals surface area contributed by atoms with Gasteiger partial charge in [-0.3, -0.25) is 4.79 Å². The van der Waals surface area contributed by atoms with E-state index in [4.69, 9.17) is 0 Å². The van der Waals surface area contributed by atoms with E-state index >= 15 is 0 Å². The SMILES string of the molecule is CCN(Cc1cccs1)C(=O)[C@H]1CCN1. The van der Waals surface area contributed by atoms with Gasteiger partial charge in [0.15, 0.2) is 0 Å². The van der Waals surface area contributed by atoms with E-state index in [9.17, 15) is 4.79 Å². The van der Waals surface area contributed by atoms with Crippen LogP contribution in [0.15, 0.2) is 17.5 Å². The number of carbonyl (C=O) groups excluding carboxylic acids is 1. The molecule has 1 aromatic rings. The zero-order chi connectivity index (χ0) is 10.7. The number of hydrogen-bond acceptors (Lipinski definition) is 3. The fraction of sp³-hybridized carbons (Fsp3) is 0.545. The summed E-state index contributed by atoms with van der Waals surface area (Å²) in [7, 11) is 0. The summed E-state index contributed by atoms with van der Waals surface area (Å²) in [5.41, 5.74) is 0. The number of amides is 1. The Morgan fingerprint density at radius 1 is 1.73 bits per heavy atom. The molecule has 2 heterocycles. The second-order valence-electron chi connectivity index (χ2n) is 3.73. The first kappa shape index (κ1) is 10.6. The van der Waals surface area contributed by atoms with Gasteiger partial charge in [0.25, 0.3) is 0 Å². The topological polar surface area (TPSA) is 32.3 Å². The van der Waals surface area contributed by atoms with Gasteiger partial charge in [-0.25, -0.2) is 0 Å². The van der Waals surface area contributed by atoms with Crippen LogP contribution in [0.25, 0.3) is 0 Å². The molecule has 1 N–H and O–H groups in total. The summed E-state index contributed by atoms with van der Waals surface area (Å²) >= 11 is 1.71. The number of likely N-dealkylation sites (N-methyl/N-ethyl adjacent to an activating group) is 1. The van der Waals surface area contributed by atoms with Crippen molar-refractivity contribution in [3.8, 4) is 0 Å². The third-order valence-electron chi connectivity index (χ3n) is 2.74. The Labute approximate surface area is 94.1 Å². The minimum absolute atomic E-state index is 0.0740. The summed E-state index contributed by atoms with van der Waals surface area (Å²) in [5.74, 6) is 0.247. The largest absolute Gasteiger partial charge is 0.336 e. The summed E-state index contributed by atoms with van der Waals surface area (Å²) in [6.07, 6.45) is 0.986. The van der Waals surface area contributed by atoms with Crippen molar-refractivity contribution < 1.29 is 4.79 Å². The summed E-state index contributed by atoms with van der Waals surface area (Å²) in [6.45, 7) is 4.55. The van der Waals surface area contributed by atoms with Crippen molar-refractivity contribution in [1.82, 2.24) is 10.2 Å². The molecule has 0 aromatic carbocycles. The van der Waals surface area contributed by atoms with Crippen molar-refractivity contribution in [3.63, 3.8) is 0 Å². The minimum atomic E-state index is 0.0740. The maximum absolute atomic E-state index is 12.0. The lowest BCUT2D eigenvalue weighted by Crippen LogP contribution is -2.54. The zero-order valence-electron chi connectivity index (χ0n) is 8.90. The van der Waals surface area contributed by atoms with Crippen LogP contribution < -0.4 is 5.32 Å². The second-order valence-corrected chi connectivity index (χ2v) is 4.76. The van der Waals surface area contributed by atoms with Crippen LogP contribution in [0.2, 0.25) is 0 Å². The van der Waals surface area contributed by atoms with Gasteiger partial charge in [-0.15, -0.1) is 11.3 Å². The highest BCUT2D eigenvalue weighted by Crippen LogP contribution is 2.14. The van der Waals surface area contributed by atoms with E-state index < -0.39 is 0 Å². The first-order valence-corrected chi connectivity index (χ1v) is 6.23. The Kier molecular flexibility index (Phi) is 3.38. The molecule has 3 nitrogen and oxygen atoms in total. The molecule has 82 valence electrons. The Morgan fingerprint density at radius 2 is 2.53 bits per heavy atom. The van der Waals surface area contributed by atoms with Gasteiger partial charge in [0.05, 0.1) is 12.6 Å². The number of hydrogen-bond donors (Lipinski definition) is 1. The van der Waals surface area contributed by atoms with Crippen molar-refractivity contribution >= 4 is 17.2 Å². The van der Waals surface area contributed by atoms with Gasteiger partial charge in [0, 0.05) is 11.4 Å². The lowest BCUT2D eigenvalue weighted by molar-refractivity contribution is -0.135. The van der Waals surface area contributed by atoms with Gasteiger partial charge in [0.2, 0.25) is 5.91 Å². The normalized spacial score (nSPS) is 19.7. The molecule has 0 saturated carbocycles. The van der Waals surface area contributed by atoms with Crippen molar-refractivity contribution in [2.24, 2.45) is 0 Å². The van der Waals surface area contributed by atoms with Crippen LogP contribution in [0.5, 0.6) is 0 Å². The third kappa shape index (κ3) is 2.38. The van der Waals surface area contributed by atoms with Gasteiger partial charge in [-0.1, -0.05) is 6.07 Å². The van der Waals surface area contributed by atoms with Crippen molar-refractivity contribution in [3.05, 3.63) is 22.4 Å². The smallest absolute Gasteiger partial charge is 0.240 e. The zero-order valence-corrected chi connectivity index (χ0v) is 9.72. The molecule has 1 aliphatic rings. The van der Waals surface area contributed by atoms with Crippen LogP contribution in [0.3, 0.4) is 0 Å². The molecule has 4 heteroatoms. The predicted molar refractivity (Wildman–Crippen MR) is 61.8 cm³/mol. The van der Waals surface area contributed by atoms with E-state index in [2.05, 4.69) is 16.8 Å². The van der Waals surface area contributed by atoms with E-state index in [-0.39, 0.29) is 11.9 Å². The summed E-state index contributed by atoms with van der Waals surface area (Å²) in [5, 5.41) is 5.20. The van der Waals surface area contributed by atoms with E-state index in [0.29, 0.717) is 0 Å². The van der Waals surface area contributed by atoms with Crippen LogP contribution in [-0.4, -0.2) is 29.9 Å². The number of nitrogens with one attached hydrogen (secondary N) is 1. The number of carbonyl (C=O) groups is 1. The van der Waals surface area contributed by atoms with Crippen LogP contribution in [0.1, 0.15) is 18.2 Å². The summed E-state index contributed by atoms with van der Waals surface area (Å²) in [4.78, 5) is 15.1. The molecule has 1 atom stereocenters. The van der Waals surface area contributed by atoms with E-state index in [1.165, 1.54) is 4.88 Å². The molecule has 1 fully saturated rings. The summed E-state index contributed by atoms with van der Waals surface area (Å²) in [6, 6.07) is 4.18. The number of thiophene rings is 1. The van der Waals surface area contributed by atoms with E-state index in [0.717, 1.165) is 26.1 Å². The first-order chi connectivity index (χ1) is 7.31. The Hall–Kier alpha value is -0.870. The molecular weight excluding hydrogens is 208 g/mol. The molecule has 0 bridgehead atoms. The standard InChI is InChI=1S/C11H16N2OS/c1-2-13(8-9-4-3-7-15-9)11(14)10-5-6-12-10/h3-4,7,10,12H,2,5-6,8H2,1H3/t10-/m1/s1. The molecule has 1 aromatic heterocycles. The molecule has 15 heavy (non-hydrogen) atoms. The molecule has 2 rings (SSSR count). The molecule has 0 aliphatic carbocycles. The summed E-state index contributed by atoms with van der Waals surface area (Å²) < 4.78 is 0. The van der Waals surface area contributed by atoms with Gasteiger partial charge >= 0.3 is 0 Å². The molecule has 0 radical (unpaired) electrons. The highest BCUT2D eigenvalue weighted by Gasteiger charge is 2.28. The van der Waals surface area contributed by atoms with E-state index in [1.54, 1.807) is 11.3 Å². The molecule has 0 unspecified atom stereocenters. The monoisotopic (exact) mass is 224 g/mol. The first-order valence-electron chi connectivity index (χ1n) is 5.36. The Balaban J connectivity index is 1.94. The Morgan fingerprint density at radius 3 is 3.00 bits per heavy atom. The fourth-order valence-electron chi connectivity index (χ4n) is 1.66. The molecule has 1 amide bonds. The van der Waals surface area contributed by atoms with Gasteiger partial charge in [0.1, 0.15) is 0 Å². The number of rotatable bonds is 4. The van der Waals surface area contributed by atoms with Gasteiger partial charge < -0.3 is 10.2 Å².